The highest BCUT2D eigenvalue weighted by Gasteiger charge is 2.27. The lowest BCUT2D eigenvalue weighted by molar-refractivity contribution is -0.138. The van der Waals surface area contributed by atoms with Crippen molar-refractivity contribution in [1.29, 1.82) is 0 Å². The Kier molecular flexibility index (Phi) is 5.66. The Bertz CT molecular complexity index is 936. The Morgan fingerprint density at radius 1 is 0.963 bits per heavy atom. The van der Waals surface area contributed by atoms with E-state index in [1.165, 1.54) is 28.4 Å². The summed E-state index contributed by atoms with van der Waals surface area (Å²) in [6.45, 7) is 0. The van der Waals surface area contributed by atoms with E-state index in [1.54, 1.807) is 62.6 Å². The van der Waals surface area contributed by atoms with Crippen LogP contribution in [-0.4, -0.2) is 30.9 Å². The van der Waals surface area contributed by atoms with Gasteiger partial charge in [0.2, 0.25) is 6.10 Å². The summed E-state index contributed by atoms with van der Waals surface area (Å²) in [7, 11) is 3.23. The average Bonchev–Trinajstić information content (AvgIpc) is 3.17. The molecule has 4 nitrogen and oxygen atoms in total. The number of rotatable bonds is 5. The third kappa shape index (κ3) is 4.41. The molecule has 6 heteroatoms. The molecule has 138 valence electrons. The Hall–Kier alpha value is -2.99. The summed E-state index contributed by atoms with van der Waals surface area (Å²) in [5, 5.41) is 0. The van der Waals surface area contributed by atoms with Gasteiger partial charge < -0.3 is 9.64 Å². The Labute approximate surface area is 160 Å². The molecule has 27 heavy (non-hydrogen) atoms. The van der Waals surface area contributed by atoms with E-state index in [9.17, 15) is 14.0 Å². The summed E-state index contributed by atoms with van der Waals surface area (Å²) in [5.41, 5.74) is 1.42. The first kappa shape index (κ1) is 18.8. The minimum Gasteiger partial charge on any atom is -0.443 e. The Morgan fingerprint density at radius 3 is 2.26 bits per heavy atom. The van der Waals surface area contributed by atoms with Crippen LogP contribution in [0.1, 0.15) is 21.3 Å². The molecule has 2 aromatic carbocycles. The van der Waals surface area contributed by atoms with E-state index < -0.39 is 12.1 Å². The first-order valence-corrected chi connectivity index (χ1v) is 9.10. The highest BCUT2D eigenvalue weighted by atomic mass is 32.1. The summed E-state index contributed by atoms with van der Waals surface area (Å²) < 4.78 is 18.6. The largest absolute Gasteiger partial charge is 0.443 e. The summed E-state index contributed by atoms with van der Waals surface area (Å²) in [5.74, 6) is -1.20. The fourth-order valence-electron chi connectivity index (χ4n) is 2.51. The van der Waals surface area contributed by atoms with Crippen LogP contribution >= 0.6 is 11.3 Å². The van der Waals surface area contributed by atoms with E-state index in [2.05, 4.69) is 0 Å². The third-order valence-electron chi connectivity index (χ3n) is 3.93. The van der Waals surface area contributed by atoms with Crippen molar-refractivity contribution < 1.29 is 18.7 Å². The molecular weight excluding hydrogens is 365 g/mol. The van der Waals surface area contributed by atoms with Crippen LogP contribution in [0.2, 0.25) is 0 Å². The zero-order valence-electron chi connectivity index (χ0n) is 14.9. The number of carbonyl (C=O) groups is 2. The summed E-state index contributed by atoms with van der Waals surface area (Å²) >= 11 is 1.24. The van der Waals surface area contributed by atoms with Crippen molar-refractivity contribution in [2.45, 2.75) is 6.10 Å². The normalized spacial score (nSPS) is 11.7. The van der Waals surface area contributed by atoms with Gasteiger partial charge in [0.15, 0.2) is 0 Å². The highest BCUT2D eigenvalue weighted by molar-refractivity contribution is 7.17. The monoisotopic (exact) mass is 383 g/mol. The van der Waals surface area contributed by atoms with Gasteiger partial charge in [-0.2, -0.15) is 0 Å². The molecule has 3 aromatic rings. The molecule has 0 N–H and O–H groups in total. The molecule has 0 aliphatic rings. The van der Waals surface area contributed by atoms with Gasteiger partial charge in [-0.3, -0.25) is 4.79 Å². The van der Waals surface area contributed by atoms with Crippen molar-refractivity contribution in [2.24, 2.45) is 0 Å². The molecule has 3 rings (SSSR count). The molecule has 0 saturated heterocycles. The van der Waals surface area contributed by atoms with Crippen molar-refractivity contribution in [3.8, 4) is 10.4 Å². The van der Waals surface area contributed by atoms with Gasteiger partial charge in [0, 0.05) is 24.5 Å². The second-order valence-electron chi connectivity index (χ2n) is 6.10. The van der Waals surface area contributed by atoms with Crippen molar-refractivity contribution in [3.63, 3.8) is 0 Å². The van der Waals surface area contributed by atoms with E-state index in [4.69, 9.17) is 4.74 Å². The number of thiophene rings is 1. The number of hydrogen-bond donors (Lipinski definition) is 0. The summed E-state index contributed by atoms with van der Waals surface area (Å²) in [4.78, 5) is 27.7. The number of ether oxygens (including phenoxy) is 1. The van der Waals surface area contributed by atoms with E-state index >= 15 is 0 Å². The van der Waals surface area contributed by atoms with Gasteiger partial charge >= 0.3 is 5.97 Å². The number of halogens is 1. The van der Waals surface area contributed by atoms with E-state index in [0.29, 0.717) is 10.4 Å². The van der Waals surface area contributed by atoms with Crippen LogP contribution in [0, 0.1) is 5.82 Å². The van der Waals surface area contributed by atoms with Crippen LogP contribution < -0.4 is 0 Å². The predicted octanol–water partition coefficient (Wildman–Crippen LogP) is 4.54. The lowest BCUT2D eigenvalue weighted by atomic mass is 10.1. The van der Waals surface area contributed by atoms with Gasteiger partial charge in [-0.15, -0.1) is 11.3 Å². The number of benzene rings is 2. The molecule has 1 aromatic heterocycles. The second kappa shape index (κ2) is 8.14. The molecule has 0 spiro atoms. The van der Waals surface area contributed by atoms with Gasteiger partial charge in [0.1, 0.15) is 10.7 Å². The Balaban J connectivity index is 1.82. The van der Waals surface area contributed by atoms with Crippen LogP contribution in [0.3, 0.4) is 0 Å². The van der Waals surface area contributed by atoms with E-state index in [-0.39, 0.29) is 11.7 Å². The van der Waals surface area contributed by atoms with Crippen molar-refractivity contribution >= 4 is 23.2 Å². The van der Waals surface area contributed by atoms with E-state index in [1.807, 2.05) is 6.07 Å². The maximum Gasteiger partial charge on any atom is 0.349 e. The number of hydrogen-bond acceptors (Lipinski definition) is 4. The van der Waals surface area contributed by atoms with Crippen LogP contribution in [0.15, 0.2) is 66.7 Å². The molecule has 1 heterocycles. The standard InChI is InChI=1S/C21H18FNO3S/c1-23(2)20(24)19(15-6-4-3-5-7-15)26-21(25)18-13-12-17(27-18)14-8-10-16(22)11-9-14/h3-13,19H,1-2H3. The lowest BCUT2D eigenvalue weighted by Gasteiger charge is -2.20. The fourth-order valence-corrected chi connectivity index (χ4v) is 3.40. The average molecular weight is 383 g/mol. The van der Waals surface area contributed by atoms with Crippen LogP contribution in [0.4, 0.5) is 4.39 Å². The SMILES string of the molecule is CN(C)C(=O)C(OC(=O)c1ccc(-c2ccc(F)cc2)s1)c1ccccc1. The molecule has 0 aliphatic heterocycles. The summed E-state index contributed by atoms with van der Waals surface area (Å²) in [6, 6.07) is 18.4. The van der Waals surface area contributed by atoms with Crippen molar-refractivity contribution in [2.75, 3.05) is 14.1 Å². The molecule has 1 amide bonds. The number of likely N-dealkylation sites (N-methyl/N-ethyl adjacent to an activating group) is 1. The predicted molar refractivity (Wildman–Crippen MR) is 103 cm³/mol. The Morgan fingerprint density at radius 2 is 1.63 bits per heavy atom. The zero-order chi connectivity index (χ0) is 19.4. The van der Waals surface area contributed by atoms with Gasteiger partial charge in [0.25, 0.3) is 5.91 Å². The number of carbonyl (C=O) groups excluding carboxylic acids is 2. The first-order valence-electron chi connectivity index (χ1n) is 8.28. The topological polar surface area (TPSA) is 46.6 Å². The third-order valence-corrected chi connectivity index (χ3v) is 5.04. The van der Waals surface area contributed by atoms with Crippen LogP contribution in [0.5, 0.6) is 0 Å². The van der Waals surface area contributed by atoms with Crippen molar-refractivity contribution in [1.82, 2.24) is 4.90 Å². The first-order chi connectivity index (χ1) is 13.0. The number of amides is 1. The quantitative estimate of drug-likeness (QED) is 0.608. The zero-order valence-corrected chi connectivity index (χ0v) is 15.7. The minimum absolute atomic E-state index is 0.315. The second-order valence-corrected chi connectivity index (χ2v) is 7.18. The van der Waals surface area contributed by atoms with Crippen LogP contribution in [0.25, 0.3) is 10.4 Å². The highest BCUT2D eigenvalue weighted by Crippen LogP contribution is 2.30. The molecule has 0 fully saturated rings. The summed E-state index contributed by atoms with van der Waals surface area (Å²) in [6.07, 6.45) is -1.01. The van der Waals surface area contributed by atoms with Gasteiger partial charge in [0.05, 0.1) is 0 Å². The van der Waals surface area contributed by atoms with Gasteiger partial charge in [-0.25, -0.2) is 9.18 Å². The maximum atomic E-state index is 13.1. The minimum atomic E-state index is -1.01. The van der Waals surface area contributed by atoms with Gasteiger partial charge in [-0.1, -0.05) is 42.5 Å². The lowest BCUT2D eigenvalue weighted by Crippen LogP contribution is -2.31. The fraction of sp³-hybridized carbons (Fsp3) is 0.143. The molecule has 0 saturated carbocycles. The number of nitrogens with zero attached hydrogens (tertiary/aromatic N) is 1. The van der Waals surface area contributed by atoms with E-state index in [0.717, 1.165) is 10.4 Å². The van der Waals surface area contributed by atoms with Crippen LogP contribution in [-0.2, 0) is 9.53 Å². The molecule has 0 aliphatic carbocycles. The van der Waals surface area contributed by atoms with Crippen molar-refractivity contribution in [3.05, 3.63) is 83.0 Å². The molecule has 1 unspecified atom stereocenters. The van der Waals surface area contributed by atoms with Gasteiger partial charge in [-0.05, 0) is 29.8 Å². The maximum absolute atomic E-state index is 13.1. The number of esters is 1. The molecular formula is C21H18FNO3S. The molecule has 1 atom stereocenters. The smallest absolute Gasteiger partial charge is 0.349 e. The molecule has 0 bridgehead atoms. The molecule has 0 radical (unpaired) electrons.